The highest BCUT2D eigenvalue weighted by molar-refractivity contribution is 6.39. The molecule has 0 spiro atoms. The summed E-state index contributed by atoms with van der Waals surface area (Å²) in [6.07, 6.45) is 5.62. The molecule has 0 radical (unpaired) electrons. The summed E-state index contributed by atoms with van der Waals surface area (Å²) in [7, 11) is 1.68. The first-order chi connectivity index (χ1) is 14.5. The Morgan fingerprint density at radius 1 is 1.23 bits per heavy atom. The van der Waals surface area contributed by atoms with Gasteiger partial charge in [-0.1, -0.05) is 35.3 Å². The zero-order valence-electron chi connectivity index (χ0n) is 16.7. The Kier molecular flexibility index (Phi) is 6.32. The van der Waals surface area contributed by atoms with Crippen molar-refractivity contribution in [3.63, 3.8) is 0 Å². The number of aromatic nitrogens is 1. The van der Waals surface area contributed by atoms with Gasteiger partial charge in [0.2, 0.25) is 5.91 Å². The van der Waals surface area contributed by atoms with E-state index in [0.29, 0.717) is 28.7 Å². The van der Waals surface area contributed by atoms with Gasteiger partial charge in [0.05, 0.1) is 22.8 Å². The van der Waals surface area contributed by atoms with Gasteiger partial charge in [0.15, 0.2) is 0 Å². The molecule has 1 aliphatic heterocycles. The Hall–Kier alpha value is -2.47. The molecule has 7 heteroatoms. The number of nitrogens with one attached hydrogen (secondary N) is 2. The molecule has 0 saturated heterocycles. The van der Waals surface area contributed by atoms with Crippen LogP contribution >= 0.6 is 23.2 Å². The Bertz CT molecular complexity index is 1090. The predicted octanol–water partition coefficient (Wildman–Crippen LogP) is 5.60. The van der Waals surface area contributed by atoms with Gasteiger partial charge in [0.1, 0.15) is 5.75 Å². The number of nitrogens with zero attached hydrogens (tertiary/aromatic N) is 1. The van der Waals surface area contributed by atoms with E-state index < -0.39 is 0 Å². The van der Waals surface area contributed by atoms with E-state index in [0.717, 1.165) is 30.8 Å². The van der Waals surface area contributed by atoms with Gasteiger partial charge in [0, 0.05) is 48.7 Å². The highest BCUT2D eigenvalue weighted by atomic mass is 35.5. The molecule has 0 saturated carbocycles. The van der Waals surface area contributed by atoms with E-state index in [9.17, 15) is 4.79 Å². The minimum absolute atomic E-state index is 0.0940. The average molecular weight is 444 g/mol. The van der Waals surface area contributed by atoms with Crippen LogP contribution in [0.2, 0.25) is 10.0 Å². The number of H-pyrrole nitrogens is 1. The number of halogens is 2. The number of carbonyl (C=O) groups is 1. The second kappa shape index (κ2) is 9.13. The average Bonchev–Trinajstić information content (AvgIpc) is 3.18. The summed E-state index contributed by atoms with van der Waals surface area (Å²) >= 11 is 12.2. The lowest BCUT2D eigenvalue weighted by Gasteiger charge is -2.26. The molecular weight excluding hydrogens is 421 g/mol. The fourth-order valence-corrected chi connectivity index (χ4v) is 4.22. The summed E-state index contributed by atoms with van der Waals surface area (Å²) in [5, 5.41) is 4.87. The van der Waals surface area contributed by atoms with Crippen molar-refractivity contribution in [1.29, 1.82) is 0 Å². The summed E-state index contributed by atoms with van der Waals surface area (Å²) < 4.78 is 5.37. The molecule has 0 bridgehead atoms. The first-order valence-electron chi connectivity index (χ1n) is 9.86. The van der Waals surface area contributed by atoms with Gasteiger partial charge in [0.25, 0.3) is 0 Å². The summed E-state index contributed by atoms with van der Waals surface area (Å²) in [5.41, 5.74) is 4.11. The van der Waals surface area contributed by atoms with Crippen LogP contribution in [0.4, 0.5) is 5.69 Å². The maximum Gasteiger partial charge on any atom is 0.225 e. The second-order valence-electron chi connectivity index (χ2n) is 7.29. The summed E-state index contributed by atoms with van der Waals surface area (Å²) in [5.74, 6) is 0.759. The van der Waals surface area contributed by atoms with Crippen molar-refractivity contribution in [2.45, 2.75) is 12.8 Å². The van der Waals surface area contributed by atoms with Gasteiger partial charge in [-0.3, -0.25) is 9.69 Å². The van der Waals surface area contributed by atoms with Crippen LogP contribution in [-0.2, 0) is 4.79 Å². The number of benzene rings is 2. The van der Waals surface area contributed by atoms with Crippen molar-refractivity contribution < 1.29 is 9.53 Å². The molecule has 156 valence electrons. The predicted molar refractivity (Wildman–Crippen MR) is 124 cm³/mol. The number of aromatic amines is 1. The molecule has 2 heterocycles. The van der Waals surface area contributed by atoms with Gasteiger partial charge in [-0.15, -0.1) is 0 Å². The quantitative estimate of drug-likeness (QED) is 0.520. The molecule has 1 aromatic heterocycles. The molecule has 4 rings (SSSR count). The monoisotopic (exact) mass is 443 g/mol. The minimum Gasteiger partial charge on any atom is -0.497 e. The molecule has 2 N–H and O–H groups in total. The van der Waals surface area contributed by atoms with E-state index >= 15 is 0 Å². The van der Waals surface area contributed by atoms with Crippen LogP contribution < -0.4 is 10.1 Å². The number of carbonyl (C=O) groups excluding carboxylic acids is 1. The molecule has 0 unspecified atom stereocenters. The van der Waals surface area contributed by atoms with Crippen LogP contribution in [0.3, 0.4) is 0 Å². The maximum atomic E-state index is 12.3. The number of hydrogen-bond acceptors (Lipinski definition) is 3. The molecule has 2 aromatic carbocycles. The topological polar surface area (TPSA) is 57.4 Å². The molecule has 0 aliphatic carbocycles. The SMILES string of the molecule is COc1ccc2[nH]cc(C3=CCN(CCC(=O)Nc4c(Cl)cccc4Cl)CC3)c2c1. The zero-order valence-corrected chi connectivity index (χ0v) is 18.2. The Morgan fingerprint density at radius 3 is 2.73 bits per heavy atom. The van der Waals surface area contributed by atoms with E-state index in [1.807, 2.05) is 12.1 Å². The van der Waals surface area contributed by atoms with E-state index in [-0.39, 0.29) is 5.91 Å². The Morgan fingerprint density at radius 2 is 2.03 bits per heavy atom. The van der Waals surface area contributed by atoms with Crippen LogP contribution in [0.1, 0.15) is 18.4 Å². The largest absolute Gasteiger partial charge is 0.497 e. The first kappa shape index (κ1) is 20.8. The van der Waals surface area contributed by atoms with E-state index in [1.165, 1.54) is 16.5 Å². The molecule has 3 aromatic rings. The lowest BCUT2D eigenvalue weighted by molar-refractivity contribution is -0.116. The van der Waals surface area contributed by atoms with Crippen LogP contribution in [0.5, 0.6) is 5.75 Å². The smallest absolute Gasteiger partial charge is 0.225 e. The van der Waals surface area contributed by atoms with Crippen molar-refractivity contribution in [1.82, 2.24) is 9.88 Å². The van der Waals surface area contributed by atoms with Crippen LogP contribution in [0, 0.1) is 0 Å². The fraction of sp³-hybridized carbons (Fsp3) is 0.261. The van der Waals surface area contributed by atoms with E-state index in [4.69, 9.17) is 27.9 Å². The van der Waals surface area contributed by atoms with Crippen LogP contribution in [-0.4, -0.2) is 42.5 Å². The molecule has 0 atom stereocenters. The first-order valence-corrected chi connectivity index (χ1v) is 10.6. The highest BCUT2D eigenvalue weighted by Crippen LogP contribution is 2.32. The van der Waals surface area contributed by atoms with Gasteiger partial charge in [-0.05, 0) is 42.3 Å². The van der Waals surface area contributed by atoms with Crippen LogP contribution in [0.25, 0.3) is 16.5 Å². The normalized spacial score (nSPS) is 14.6. The molecule has 1 aliphatic rings. The third kappa shape index (κ3) is 4.48. The third-order valence-corrected chi connectivity index (χ3v) is 6.04. The van der Waals surface area contributed by atoms with Crippen molar-refractivity contribution in [2.24, 2.45) is 0 Å². The molecular formula is C23H23Cl2N3O2. The standard InChI is InChI=1S/C23H23Cl2N3O2/c1-30-16-5-6-21-17(13-16)18(14-26-21)15-7-10-28(11-8-15)12-9-22(29)27-23-19(24)3-2-4-20(23)25/h2-7,13-14,26H,8-12H2,1H3,(H,27,29). The number of ether oxygens (including phenoxy) is 1. The lowest BCUT2D eigenvalue weighted by Crippen LogP contribution is -2.31. The summed E-state index contributed by atoms with van der Waals surface area (Å²) in [4.78, 5) is 17.9. The number of fused-ring (bicyclic) bond motifs is 1. The molecule has 1 amide bonds. The van der Waals surface area contributed by atoms with Gasteiger partial charge in [-0.2, -0.15) is 0 Å². The summed E-state index contributed by atoms with van der Waals surface area (Å²) in [6, 6.07) is 11.2. The summed E-state index contributed by atoms with van der Waals surface area (Å²) in [6.45, 7) is 2.40. The minimum atomic E-state index is -0.0940. The number of anilines is 1. The van der Waals surface area contributed by atoms with Gasteiger partial charge >= 0.3 is 0 Å². The Labute approximate surface area is 185 Å². The Balaban J connectivity index is 1.36. The molecule has 0 fully saturated rings. The lowest BCUT2D eigenvalue weighted by atomic mass is 9.98. The van der Waals surface area contributed by atoms with Crippen molar-refractivity contribution >= 4 is 51.3 Å². The fourth-order valence-electron chi connectivity index (χ4n) is 3.73. The number of amides is 1. The van der Waals surface area contributed by atoms with E-state index in [2.05, 4.69) is 33.5 Å². The van der Waals surface area contributed by atoms with Crippen LogP contribution in [0.15, 0.2) is 48.7 Å². The molecule has 30 heavy (non-hydrogen) atoms. The molecule has 5 nitrogen and oxygen atoms in total. The van der Waals surface area contributed by atoms with Crippen molar-refractivity contribution in [2.75, 3.05) is 32.1 Å². The maximum absolute atomic E-state index is 12.3. The number of methoxy groups -OCH3 is 1. The number of para-hydroxylation sites is 1. The highest BCUT2D eigenvalue weighted by Gasteiger charge is 2.17. The second-order valence-corrected chi connectivity index (χ2v) is 8.10. The van der Waals surface area contributed by atoms with Crippen molar-refractivity contribution in [3.05, 3.63) is 64.3 Å². The third-order valence-electron chi connectivity index (χ3n) is 5.41. The van der Waals surface area contributed by atoms with Gasteiger partial charge < -0.3 is 15.0 Å². The number of rotatable bonds is 6. The van der Waals surface area contributed by atoms with Crippen molar-refractivity contribution in [3.8, 4) is 5.75 Å². The zero-order chi connectivity index (χ0) is 21.1. The van der Waals surface area contributed by atoms with Gasteiger partial charge in [-0.25, -0.2) is 0 Å². The number of hydrogen-bond donors (Lipinski definition) is 2. The van der Waals surface area contributed by atoms with E-state index in [1.54, 1.807) is 25.3 Å².